The van der Waals surface area contributed by atoms with Crippen molar-refractivity contribution in [3.8, 4) is 5.75 Å². The number of benzene rings is 3. The average Bonchev–Trinajstić information content (AvgIpc) is 3.70. The standard InChI is InChI=1S/C28H24Cl2F3N3O4S/c29-17-3-9-24-21(11-17)22-12-18(30)4-10-25(22)36(24)26-15-39-14-23(27(26)37)35-41(38,34-13-16-1-2-16)20-7-5-19(6-8-20)40-28(31,32)33/h3-12,15-16,23,27,37H,1-2,13-14H2,(H,34,35,38)/t23-,27+,41?/m1/s1. The molecule has 13 heteroatoms. The van der Waals surface area contributed by atoms with E-state index in [4.69, 9.17) is 27.9 Å². The van der Waals surface area contributed by atoms with E-state index in [2.05, 4.69) is 13.8 Å². The lowest BCUT2D eigenvalue weighted by Gasteiger charge is -2.31. The first-order valence-electron chi connectivity index (χ1n) is 12.8. The van der Waals surface area contributed by atoms with Crippen molar-refractivity contribution in [2.75, 3.05) is 13.2 Å². The molecule has 7 nitrogen and oxygen atoms in total. The van der Waals surface area contributed by atoms with Gasteiger partial charge in [0.2, 0.25) is 0 Å². The topological polar surface area (TPSA) is 85.1 Å². The maximum absolute atomic E-state index is 14.3. The van der Waals surface area contributed by atoms with E-state index in [1.54, 1.807) is 12.1 Å². The number of aromatic nitrogens is 1. The molecule has 3 atom stereocenters. The molecule has 3 aromatic carbocycles. The smallest absolute Gasteiger partial charge is 0.497 e. The van der Waals surface area contributed by atoms with Crippen molar-refractivity contribution in [1.29, 1.82) is 0 Å². The molecule has 2 N–H and O–H groups in total. The minimum Gasteiger partial charge on any atom is -0.497 e. The van der Waals surface area contributed by atoms with E-state index in [-0.39, 0.29) is 11.5 Å². The Labute approximate surface area is 243 Å². The van der Waals surface area contributed by atoms with Crippen molar-refractivity contribution in [3.63, 3.8) is 0 Å². The fraction of sp³-hybridized carbons (Fsp3) is 0.286. The van der Waals surface area contributed by atoms with E-state index in [0.29, 0.717) is 28.2 Å². The van der Waals surface area contributed by atoms with Gasteiger partial charge in [0.1, 0.15) is 34.6 Å². The van der Waals surface area contributed by atoms with Crippen LogP contribution in [0.25, 0.3) is 27.5 Å². The van der Waals surface area contributed by atoms with Gasteiger partial charge in [0, 0.05) is 20.8 Å². The number of hydrogen-bond donors (Lipinski definition) is 2. The molecule has 1 aromatic heterocycles. The second-order valence-electron chi connectivity index (χ2n) is 10.0. The molecule has 216 valence electrons. The lowest BCUT2D eigenvalue weighted by atomic mass is 10.1. The Balaban J connectivity index is 1.36. The maximum Gasteiger partial charge on any atom is 0.573 e. The van der Waals surface area contributed by atoms with Gasteiger partial charge in [-0.05, 0) is 79.4 Å². The van der Waals surface area contributed by atoms with Gasteiger partial charge in [0.25, 0.3) is 0 Å². The average molecular weight is 626 g/mol. The highest BCUT2D eigenvalue weighted by Crippen LogP contribution is 2.37. The van der Waals surface area contributed by atoms with Crippen molar-refractivity contribution in [1.82, 2.24) is 9.29 Å². The fourth-order valence-corrected chi connectivity index (χ4v) is 7.09. The molecule has 41 heavy (non-hydrogen) atoms. The first-order chi connectivity index (χ1) is 19.5. The summed E-state index contributed by atoms with van der Waals surface area (Å²) in [6.45, 7) is 0.290. The molecule has 2 heterocycles. The Morgan fingerprint density at radius 2 is 1.63 bits per heavy atom. The van der Waals surface area contributed by atoms with Gasteiger partial charge in [-0.3, -0.25) is 0 Å². The summed E-state index contributed by atoms with van der Waals surface area (Å²) >= 11 is 12.6. The summed E-state index contributed by atoms with van der Waals surface area (Å²) in [6, 6.07) is 14.6. The maximum atomic E-state index is 14.3. The van der Waals surface area contributed by atoms with Crippen LogP contribution in [-0.2, 0) is 14.7 Å². The van der Waals surface area contributed by atoms with Gasteiger partial charge < -0.3 is 19.1 Å². The summed E-state index contributed by atoms with van der Waals surface area (Å²) in [5.74, 6) is -0.146. The van der Waals surface area contributed by atoms with Crippen LogP contribution in [0.5, 0.6) is 5.75 Å². The van der Waals surface area contributed by atoms with E-state index in [0.717, 1.165) is 46.8 Å². The molecule has 6 rings (SSSR count). The highest BCUT2D eigenvalue weighted by atomic mass is 35.5. The summed E-state index contributed by atoms with van der Waals surface area (Å²) in [5, 5.41) is 14.3. The Morgan fingerprint density at radius 1 is 1.02 bits per heavy atom. The minimum atomic E-state index is -4.85. The Hall–Kier alpha value is -2.96. The molecule has 2 aliphatic rings. The number of rotatable bonds is 7. The monoisotopic (exact) mass is 625 g/mol. The van der Waals surface area contributed by atoms with Crippen LogP contribution in [0.15, 0.2) is 76.2 Å². The summed E-state index contributed by atoms with van der Waals surface area (Å²) in [6.07, 6.45) is -2.67. The second-order valence-corrected chi connectivity index (χ2v) is 12.9. The number of ether oxygens (including phenoxy) is 2. The molecule has 1 aliphatic heterocycles. The van der Waals surface area contributed by atoms with Crippen LogP contribution in [0, 0.1) is 5.92 Å². The molecule has 1 saturated carbocycles. The zero-order chi connectivity index (χ0) is 28.9. The summed E-state index contributed by atoms with van der Waals surface area (Å²) < 4.78 is 71.2. The predicted octanol–water partition coefficient (Wildman–Crippen LogP) is 7.00. The van der Waals surface area contributed by atoms with Crippen molar-refractivity contribution in [3.05, 3.63) is 77.0 Å². The van der Waals surface area contributed by atoms with Crippen LogP contribution in [0.1, 0.15) is 12.8 Å². The molecule has 0 saturated heterocycles. The van der Waals surface area contributed by atoms with Gasteiger partial charge in [0.05, 0.1) is 34.2 Å². The van der Waals surface area contributed by atoms with Crippen LogP contribution < -0.4 is 9.46 Å². The summed E-state index contributed by atoms with van der Waals surface area (Å²) in [7, 11) is -3.38. The number of fused-ring (bicyclic) bond motifs is 3. The second kappa shape index (κ2) is 10.7. The molecule has 0 radical (unpaired) electrons. The SMILES string of the molecule is O=S(=NCC1CC1)(N[C@@H]1COC=C(n2c3ccc(Cl)cc3c3cc(Cl)ccc32)[C@H]1O)c1ccc(OC(F)(F)F)cc1. The van der Waals surface area contributed by atoms with Crippen LogP contribution in [0.3, 0.4) is 0 Å². The van der Waals surface area contributed by atoms with E-state index < -0.39 is 34.2 Å². The van der Waals surface area contributed by atoms with Gasteiger partial charge in [-0.2, -0.15) is 0 Å². The van der Waals surface area contributed by atoms with Crippen LogP contribution in [0.2, 0.25) is 10.0 Å². The summed E-state index contributed by atoms with van der Waals surface area (Å²) in [4.78, 5) is 0.164. The van der Waals surface area contributed by atoms with Gasteiger partial charge in [-0.25, -0.2) is 13.3 Å². The summed E-state index contributed by atoms with van der Waals surface area (Å²) in [5.41, 5.74) is 1.89. The molecule has 1 aliphatic carbocycles. The van der Waals surface area contributed by atoms with E-state index in [9.17, 15) is 22.5 Å². The number of halogens is 5. The molecule has 0 spiro atoms. The highest BCUT2D eigenvalue weighted by Gasteiger charge is 2.35. The first kappa shape index (κ1) is 28.2. The predicted molar refractivity (Wildman–Crippen MR) is 152 cm³/mol. The number of aliphatic hydroxyl groups is 1. The quantitative estimate of drug-likeness (QED) is 0.232. The number of aliphatic hydroxyl groups excluding tert-OH is 1. The van der Waals surface area contributed by atoms with E-state index in [1.165, 1.54) is 18.4 Å². The van der Waals surface area contributed by atoms with Crippen LogP contribution >= 0.6 is 23.2 Å². The zero-order valence-electron chi connectivity index (χ0n) is 21.3. The number of alkyl halides is 3. The molecular weight excluding hydrogens is 602 g/mol. The Bertz CT molecular complexity index is 1720. The normalized spacial score (nSPS) is 20.9. The third kappa shape index (κ3) is 5.87. The lowest BCUT2D eigenvalue weighted by Crippen LogP contribution is -2.49. The van der Waals surface area contributed by atoms with Gasteiger partial charge in [0.15, 0.2) is 0 Å². The fourth-order valence-electron chi connectivity index (χ4n) is 4.86. The molecule has 4 aromatic rings. The molecular formula is C28H24Cl2F3N3O4S. The third-order valence-corrected chi connectivity index (χ3v) is 9.53. The van der Waals surface area contributed by atoms with Crippen molar-refractivity contribution < 1.29 is 32.0 Å². The van der Waals surface area contributed by atoms with Crippen molar-refractivity contribution >= 4 is 60.6 Å². The lowest BCUT2D eigenvalue weighted by molar-refractivity contribution is -0.274. The van der Waals surface area contributed by atoms with Crippen LogP contribution in [0.4, 0.5) is 13.2 Å². The Kier molecular flexibility index (Phi) is 7.36. The first-order valence-corrected chi connectivity index (χ1v) is 15.0. The van der Waals surface area contributed by atoms with Crippen molar-refractivity contribution in [2.45, 2.75) is 36.2 Å². The largest absolute Gasteiger partial charge is 0.573 e. The molecule has 0 amide bonds. The van der Waals surface area contributed by atoms with E-state index >= 15 is 0 Å². The molecule has 1 unspecified atom stereocenters. The number of nitrogens with one attached hydrogen (secondary N) is 1. The highest BCUT2D eigenvalue weighted by molar-refractivity contribution is 7.91. The van der Waals surface area contributed by atoms with Gasteiger partial charge >= 0.3 is 6.36 Å². The number of nitrogens with zero attached hydrogens (tertiary/aromatic N) is 2. The van der Waals surface area contributed by atoms with Crippen molar-refractivity contribution in [2.24, 2.45) is 10.3 Å². The Morgan fingerprint density at radius 3 is 2.20 bits per heavy atom. The third-order valence-electron chi connectivity index (χ3n) is 7.01. The van der Waals surface area contributed by atoms with Crippen LogP contribution in [-0.4, -0.2) is 45.5 Å². The van der Waals surface area contributed by atoms with Gasteiger partial charge in [-0.15, -0.1) is 13.2 Å². The molecule has 0 bridgehead atoms. The molecule has 1 fully saturated rings. The van der Waals surface area contributed by atoms with Gasteiger partial charge in [-0.1, -0.05) is 23.2 Å². The number of hydrogen-bond acceptors (Lipinski definition) is 5. The minimum absolute atomic E-state index is 0.0232. The van der Waals surface area contributed by atoms with E-state index in [1.807, 2.05) is 28.8 Å². The zero-order valence-corrected chi connectivity index (χ0v) is 23.6.